The van der Waals surface area contributed by atoms with Crippen molar-refractivity contribution in [1.82, 2.24) is 0 Å². The maximum atomic E-state index is 12.8. The molecule has 0 spiro atoms. The molecule has 0 bridgehead atoms. The Bertz CT molecular complexity index is 641. The second-order valence-electron chi connectivity index (χ2n) is 7.10. The molecule has 0 aliphatic heterocycles. The molecule has 0 amide bonds. The van der Waals surface area contributed by atoms with Crippen LogP contribution in [0.4, 0.5) is 0 Å². The summed E-state index contributed by atoms with van der Waals surface area (Å²) in [6, 6.07) is 0. The van der Waals surface area contributed by atoms with Gasteiger partial charge < -0.3 is 18.9 Å². The first-order chi connectivity index (χ1) is 13.5. The second kappa shape index (κ2) is 12.9. The molecular weight excluding hydrogens is 395 g/mol. The zero-order valence-corrected chi connectivity index (χ0v) is 19.1. The summed E-state index contributed by atoms with van der Waals surface area (Å²) in [5, 5.41) is 8.86. The van der Waals surface area contributed by atoms with Gasteiger partial charge >= 0.3 is 13.6 Å². The average Bonchev–Trinajstić information content (AvgIpc) is 2.67. The molecule has 1 N–H and O–H groups in total. The highest BCUT2D eigenvalue weighted by Gasteiger charge is 2.37. The average molecular weight is 430 g/mol. The second-order valence-corrected chi connectivity index (χ2v) is 9.47. The standard InChI is InChI=1S/C21H35O7P/c1-8-19(28-20(24)16(4)12-11-15-22)21(6,7)14-13-18(23)17(5)29(25,26-9-2)27-10-3/h8,13-14,17,19,22H,1,4,9-12,15H2,2-3,5-7H3/b14-13+/t17?,19-/m0/s1. The molecule has 1 unspecified atom stereocenters. The van der Waals surface area contributed by atoms with Crippen LogP contribution in [0.1, 0.15) is 47.5 Å². The van der Waals surface area contributed by atoms with Gasteiger partial charge in [0.2, 0.25) is 0 Å². The van der Waals surface area contributed by atoms with Crippen LogP contribution in [-0.2, 0) is 27.9 Å². The lowest BCUT2D eigenvalue weighted by molar-refractivity contribution is -0.145. The molecule has 0 saturated heterocycles. The summed E-state index contributed by atoms with van der Waals surface area (Å²) in [4.78, 5) is 24.7. The molecule has 0 aromatic carbocycles. The van der Waals surface area contributed by atoms with Gasteiger partial charge in [0.15, 0.2) is 5.78 Å². The lowest BCUT2D eigenvalue weighted by Crippen LogP contribution is -2.31. The van der Waals surface area contributed by atoms with Crippen molar-refractivity contribution in [2.24, 2.45) is 5.41 Å². The lowest BCUT2D eigenvalue weighted by atomic mass is 9.85. The number of allylic oxidation sites excluding steroid dienone is 1. The quantitative estimate of drug-likeness (QED) is 0.180. The zero-order valence-electron chi connectivity index (χ0n) is 18.2. The number of esters is 1. The number of ether oxygens (including phenoxy) is 1. The van der Waals surface area contributed by atoms with Crippen molar-refractivity contribution in [3.63, 3.8) is 0 Å². The van der Waals surface area contributed by atoms with Crippen LogP contribution in [0.25, 0.3) is 0 Å². The van der Waals surface area contributed by atoms with Gasteiger partial charge in [-0.3, -0.25) is 9.36 Å². The Morgan fingerprint density at radius 1 is 1.21 bits per heavy atom. The van der Waals surface area contributed by atoms with E-state index in [9.17, 15) is 14.2 Å². The summed E-state index contributed by atoms with van der Waals surface area (Å²) in [7, 11) is -3.56. The minimum Gasteiger partial charge on any atom is -0.454 e. The smallest absolute Gasteiger partial charge is 0.341 e. The van der Waals surface area contributed by atoms with Crippen LogP contribution in [0, 0.1) is 5.41 Å². The number of hydrogen-bond donors (Lipinski definition) is 1. The van der Waals surface area contributed by atoms with Crippen LogP contribution in [0.15, 0.2) is 37.0 Å². The van der Waals surface area contributed by atoms with E-state index in [0.29, 0.717) is 12.8 Å². The van der Waals surface area contributed by atoms with Crippen LogP contribution < -0.4 is 0 Å². The topological polar surface area (TPSA) is 99.1 Å². The number of aliphatic hydroxyl groups is 1. The van der Waals surface area contributed by atoms with E-state index in [1.165, 1.54) is 19.1 Å². The predicted molar refractivity (Wildman–Crippen MR) is 114 cm³/mol. The van der Waals surface area contributed by atoms with Crippen molar-refractivity contribution in [2.75, 3.05) is 19.8 Å². The number of hydrogen-bond acceptors (Lipinski definition) is 7. The third kappa shape index (κ3) is 8.79. The molecule has 0 saturated carbocycles. The minimum absolute atomic E-state index is 0.0426. The fraction of sp³-hybridized carbons (Fsp3) is 0.619. The summed E-state index contributed by atoms with van der Waals surface area (Å²) in [5.74, 6) is -0.994. The Morgan fingerprint density at radius 2 is 1.76 bits per heavy atom. The SMILES string of the molecule is C=C[C@H](OC(=O)C(=C)CCCO)C(C)(C)/C=C/C(=O)C(C)P(=O)(OCC)OCC. The van der Waals surface area contributed by atoms with Crippen molar-refractivity contribution in [2.45, 2.75) is 59.2 Å². The van der Waals surface area contributed by atoms with Crippen molar-refractivity contribution < 1.29 is 33.0 Å². The normalized spacial score (nSPS) is 14.4. The van der Waals surface area contributed by atoms with E-state index in [2.05, 4.69) is 13.2 Å². The van der Waals surface area contributed by atoms with Gasteiger partial charge in [0.1, 0.15) is 11.8 Å². The van der Waals surface area contributed by atoms with Gasteiger partial charge in [-0.05, 0) is 39.7 Å². The Balaban J connectivity index is 5.27. The molecule has 2 atom stereocenters. The monoisotopic (exact) mass is 430 g/mol. The summed E-state index contributed by atoms with van der Waals surface area (Å²) in [6.45, 7) is 16.1. The van der Waals surface area contributed by atoms with Crippen molar-refractivity contribution in [1.29, 1.82) is 0 Å². The van der Waals surface area contributed by atoms with Crippen LogP contribution in [-0.4, -0.2) is 48.4 Å². The third-order valence-corrected chi connectivity index (χ3v) is 6.73. The Labute approximate surface area is 174 Å². The van der Waals surface area contributed by atoms with Gasteiger partial charge in [-0.25, -0.2) is 4.79 Å². The molecule has 166 valence electrons. The van der Waals surface area contributed by atoms with Gasteiger partial charge in [0, 0.05) is 17.6 Å². The van der Waals surface area contributed by atoms with Crippen LogP contribution in [0.5, 0.6) is 0 Å². The number of carbonyl (C=O) groups is 2. The molecule has 8 heteroatoms. The van der Waals surface area contributed by atoms with E-state index >= 15 is 0 Å². The Kier molecular flexibility index (Phi) is 12.2. The number of rotatable bonds is 15. The van der Waals surface area contributed by atoms with Crippen LogP contribution in [0.3, 0.4) is 0 Å². The summed E-state index contributed by atoms with van der Waals surface area (Å²) >= 11 is 0. The summed E-state index contributed by atoms with van der Waals surface area (Å²) < 4.78 is 28.7. The van der Waals surface area contributed by atoms with Crippen molar-refractivity contribution in [3.05, 3.63) is 37.0 Å². The van der Waals surface area contributed by atoms with Crippen molar-refractivity contribution in [3.8, 4) is 0 Å². The zero-order chi connectivity index (χ0) is 22.7. The largest absolute Gasteiger partial charge is 0.454 e. The fourth-order valence-corrected chi connectivity index (χ4v) is 4.04. The molecular formula is C21H35O7P. The molecule has 0 aromatic heterocycles. The van der Waals surface area contributed by atoms with E-state index in [1.807, 2.05) is 0 Å². The lowest BCUT2D eigenvalue weighted by Gasteiger charge is -2.29. The number of ketones is 1. The number of aliphatic hydroxyl groups excluding tert-OH is 1. The van der Waals surface area contributed by atoms with Crippen molar-refractivity contribution >= 4 is 19.3 Å². The van der Waals surface area contributed by atoms with Crippen LogP contribution in [0.2, 0.25) is 0 Å². The first-order valence-electron chi connectivity index (χ1n) is 9.73. The van der Waals surface area contributed by atoms with E-state index in [-0.39, 0.29) is 25.4 Å². The molecule has 0 aliphatic carbocycles. The third-order valence-electron chi connectivity index (χ3n) is 4.29. The first kappa shape index (κ1) is 27.5. The predicted octanol–water partition coefficient (Wildman–Crippen LogP) is 4.22. The first-order valence-corrected chi connectivity index (χ1v) is 11.3. The molecule has 0 aliphatic rings. The minimum atomic E-state index is -3.56. The van der Waals surface area contributed by atoms with E-state index in [4.69, 9.17) is 18.9 Å². The van der Waals surface area contributed by atoms with Gasteiger partial charge in [-0.15, -0.1) is 0 Å². The molecule has 0 fully saturated rings. The summed E-state index contributed by atoms with van der Waals surface area (Å²) in [5.41, 5.74) is -1.46. The van der Waals surface area contributed by atoms with E-state index < -0.39 is 36.5 Å². The molecule has 0 rings (SSSR count). The van der Waals surface area contributed by atoms with E-state index in [0.717, 1.165) is 0 Å². The van der Waals surface area contributed by atoms with Gasteiger partial charge in [0.05, 0.1) is 13.2 Å². The molecule has 0 heterocycles. The van der Waals surface area contributed by atoms with Gasteiger partial charge in [-0.2, -0.15) is 0 Å². The molecule has 0 radical (unpaired) electrons. The highest BCUT2D eigenvalue weighted by Crippen LogP contribution is 2.53. The van der Waals surface area contributed by atoms with E-state index in [1.54, 1.807) is 33.8 Å². The molecule has 0 aromatic rings. The highest BCUT2D eigenvalue weighted by atomic mass is 31.2. The molecule has 7 nitrogen and oxygen atoms in total. The Hall–Kier alpha value is -1.53. The fourth-order valence-electron chi connectivity index (χ4n) is 2.40. The Morgan fingerprint density at radius 3 is 2.21 bits per heavy atom. The number of carbonyl (C=O) groups excluding carboxylic acids is 2. The van der Waals surface area contributed by atoms with Crippen LogP contribution >= 0.6 is 7.60 Å². The van der Waals surface area contributed by atoms with Gasteiger partial charge in [0.25, 0.3) is 0 Å². The maximum absolute atomic E-state index is 12.8. The highest BCUT2D eigenvalue weighted by molar-refractivity contribution is 7.55. The van der Waals surface area contributed by atoms with Gasteiger partial charge in [-0.1, -0.05) is 39.2 Å². The maximum Gasteiger partial charge on any atom is 0.341 e. The molecule has 29 heavy (non-hydrogen) atoms. The summed E-state index contributed by atoms with van der Waals surface area (Å²) in [6.07, 6.45) is 4.40.